The molecular weight excluding hydrogens is 339 g/mol. The number of hydrogen-bond acceptors (Lipinski definition) is 3. The maximum Gasteiger partial charge on any atom is 0.233 e. The number of rotatable bonds is 5. The number of hydrogen-bond donors (Lipinski definition) is 0. The number of nitrogens with zero attached hydrogens (tertiary/aromatic N) is 2. The summed E-state index contributed by atoms with van der Waals surface area (Å²) in [6.07, 6.45) is 1.80. The molecule has 1 heterocycles. The average Bonchev–Trinajstić information content (AvgIpc) is 2.45. The summed E-state index contributed by atoms with van der Waals surface area (Å²) in [5.41, 5.74) is 2.01. The molecule has 0 atom stereocenters. The molecule has 2 aromatic rings. The molecular formula is C16H16Cl2N2OS. The van der Waals surface area contributed by atoms with E-state index in [1.165, 1.54) is 11.8 Å². The number of pyridine rings is 1. The van der Waals surface area contributed by atoms with Crippen molar-refractivity contribution in [2.45, 2.75) is 18.5 Å². The zero-order valence-electron chi connectivity index (χ0n) is 12.3. The van der Waals surface area contributed by atoms with Gasteiger partial charge in [-0.25, -0.2) is 4.98 Å². The molecule has 0 N–H and O–H groups in total. The number of benzene rings is 1. The summed E-state index contributed by atoms with van der Waals surface area (Å²) in [5.74, 6) is 0.379. The van der Waals surface area contributed by atoms with Crippen molar-refractivity contribution in [1.29, 1.82) is 0 Å². The van der Waals surface area contributed by atoms with E-state index in [0.717, 1.165) is 16.2 Å². The first-order valence-electron chi connectivity index (χ1n) is 6.68. The lowest BCUT2D eigenvalue weighted by Crippen LogP contribution is -2.27. The third kappa shape index (κ3) is 5.20. The lowest BCUT2D eigenvalue weighted by Gasteiger charge is -2.17. The standard InChI is InChI=1S/C16H16Cl2N2OS/c1-11-3-4-15(19-8-11)22-10-16(21)20(2)9-12-5-13(17)7-14(18)6-12/h3-8H,9-10H2,1-2H3. The summed E-state index contributed by atoms with van der Waals surface area (Å²) in [7, 11) is 1.76. The molecule has 0 saturated carbocycles. The van der Waals surface area contributed by atoms with Gasteiger partial charge >= 0.3 is 0 Å². The minimum Gasteiger partial charge on any atom is -0.341 e. The van der Waals surface area contributed by atoms with Crippen LogP contribution in [0.3, 0.4) is 0 Å². The Morgan fingerprint density at radius 1 is 1.23 bits per heavy atom. The minimum atomic E-state index is 0.0310. The zero-order chi connectivity index (χ0) is 16.1. The molecule has 0 saturated heterocycles. The van der Waals surface area contributed by atoms with Crippen molar-refractivity contribution < 1.29 is 4.79 Å². The predicted octanol–water partition coefficient (Wildman–Crippen LogP) is 4.45. The Labute approximate surface area is 144 Å². The summed E-state index contributed by atoms with van der Waals surface area (Å²) in [6.45, 7) is 2.46. The topological polar surface area (TPSA) is 33.2 Å². The Balaban J connectivity index is 1.90. The number of halogens is 2. The van der Waals surface area contributed by atoms with Crippen molar-refractivity contribution in [2.24, 2.45) is 0 Å². The summed E-state index contributed by atoms with van der Waals surface area (Å²) in [5, 5.41) is 1.99. The van der Waals surface area contributed by atoms with E-state index in [2.05, 4.69) is 4.98 Å². The van der Waals surface area contributed by atoms with E-state index < -0.39 is 0 Å². The Morgan fingerprint density at radius 3 is 2.50 bits per heavy atom. The molecule has 0 unspecified atom stereocenters. The molecule has 116 valence electrons. The fourth-order valence-electron chi connectivity index (χ4n) is 1.85. The quantitative estimate of drug-likeness (QED) is 0.743. The fraction of sp³-hybridized carbons (Fsp3) is 0.250. The van der Waals surface area contributed by atoms with Crippen LogP contribution in [0, 0.1) is 6.92 Å². The Kier molecular flexibility index (Phi) is 6.12. The molecule has 0 radical (unpaired) electrons. The lowest BCUT2D eigenvalue weighted by molar-refractivity contribution is -0.127. The molecule has 0 aliphatic heterocycles. The molecule has 0 spiro atoms. The second-order valence-electron chi connectivity index (χ2n) is 4.99. The number of amides is 1. The van der Waals surface area contributed by atoms with Crippen molar-refractivity contribution in [3.8, 4) is 0 Å². The lowest BCUT2D eigenvalue weighted by atomic mass is 10.2. The van der Waals surface area contributed by atoms with Crippen molar-refractivity contribution in [3.63, 3.8) is 0 Å². The summed E-state index contributed by atoms with van der Waals surface area (Å²) < 4.78 is 0. The maximum atomic E-state index is 12.2. The van der Waals surface area contributed by atoms with Gasteiger partial charge in [-0.05, 0) is 42.3 Å². The van der Waals surface area contributed by atoms with Crippen molar-refractivity contribution in [1.82, 2.24) is 9.88 Å². The molecule has 0 bridgehead atoms. The summed E-state index contributed by atoms with van der Waals surface area (Å²) >= 11 is 13.4. The van der Waals surface area contributed by atoms with Gasteiger partial charge < -0.3 is 4.90 Å². The Hall–Kier alpha value is -1.23. The van der Waals surface area contributed by atoms with Gasteiger partial charge in [-0.15, -0.1) is 0 Å². The highest BCUT2D eigenvalue weighted by Gasteiger charge is 2.11. The molecule has 1 aromatic carbocycles. The van der Waals surface area contributed by atoms with Gasteiger partial charge in [0.1, 0.15) is 0 Å². The van der Waals surface area contributed by atoms with E-state index in [1.54, 1.807) is 24.2 Å². The van der Waals surface area contributed by atoms with Crippen molar-refractivity contribution in [3.05, 3.63) is 57.7 Å². The third-order valence-corrected chi connectivity index (χ3v) is 4.36. The minimum absolute atomic E-state index is 0.0310. The number of thioether (sulfide) groups is 1. The molecule has 1 aromatic heterocycles. The van der Waals surface area contributed by atoms with Crippen LogP contribution in [0.25, 0.3) is 0 Å². The van der Waals surface area contributed by atoms with E-state index in [1.807, 2.05) is 31.2 Å². The number of aromatic nitrogens is 1. The Morgan fingerprint density at radius 2 is 1.91 bits per heavy atom. The van der Waals surface area contributed by atoms with E-state index in [9.17, 15) is 4.79 Å². The van der Waals surface area contributed by atoms with E-state index in [4.69, 9.17) is 23.2 Å². The van der Waals surface area contributed by atoms with Gasteiger partial charge in [-0.2, -0.15) is 0 Å². The molecule has 0 aliphatic rings. The van der Waals surface area contributed by atoms with Gasteiger partial charge in [0.15, 0.2) is 0 Å². The number of carbonyl (C=O) groups excluding carboxylic acids is 1. The van der Waals surface area contributed by atoms with Crippen LogP contribution in [0.4, 0.5) is 0 Å². The van der Waals surface area contributed by atoms with E-state index >= 15 is 0 Å². The highest BCUT2D eigenvalue weighted by Crippen LogP contribution is 2.21. The molecule has 1 amide bonds. The average molecular weight is 355 g/mol. The largest absolute Gasteiger partial charge is 0.341 e. The number of aryl methyl sites for hydroxylation is 1. The second-order valence-corrected chi connectivity index (χ2v) is 6.86. The molecule has 6 heteroatoms. The molecule has 0 fully saturated rings. The molecule has 2 rings (SSSR count). The first-order chi connectivity index (χ1) is 10.4. The molecule has 22 heavy (non-hydrogen) atoms. The van der Waals surface area contributed by atoms with Gasteiger partial charge in [-0.3, -0.25) is 4.79 Å². The molecule has 3 nitrogen and oxygen atoms in total. The Bertz CT molecular complexity index is 641. The van der Waals surface area contributed by atoms with Crippen LogP contribution >= 0.6 is 35.0 Å². The smallest absolute Gasteiger partial charge is 0.233 e. The van der Waals surface area contributed by atoms with Crippen LogP contribution in [0.2, 0.25) is 10.0 Å². The predicted molar refractivity (Wildman–Crippen MR) is 92.6 cm³/mol. The van der Waals surface area contributed by atoms with Crippen molar-refractivity contribution in [2.75, 3.05) is 12.8 Å². The van der Waals surface area contributed by atoms with Gasteiger partial charge in [-0.1, -0.05) is 41.0 Å². The van der Waals surface area contributed by atoms with E-state index in [0.29, 0.717) is 22.3 Å². The van der Waals surface area contributed by atoms with Gasteiger partial charge in [0.25, 0.3) is 0 Å². The van der Waals surface area contributed by atoms with Crippen molar-refractivity contribution >= 4 is 40.9 Å². The van der Waals surface area contributed by atoms with Gasteiger partial charge in [0, 0.05) is 29.8 Å². The van der Waals surface area contributed by atoms with Gasteiger partial charge in [0.05, 0.1) is 10.8 Å². The second kappa shape index (κ2) is 7.86. The maximum absolute atomic E-state index is 12.2. The first-order valence-corrected chi connectivity index (χ1v) is 8.42. The highest BCUT2D eigenvalue weighted by molar-refractivity contribution is 7.99. The van der Waals surface area contributed by atoms with Gasteiger partial charge in [0.2, 0.25) is 5.91 Å². The van der Waals surface area contributed by atoms with Crippen LogP contribution in [0.15, 0.2) is 41.6 Å². The summed E-state index contributed by atoms with van der Waals surface area (Å²) in [4.78, 5) is 18.1. The van der Waals surface area contributed by atoms with Crippen LogP contribution in [0.1, 0.15) is 11.1 Å². The normalized spacial score (nSPS) is 10.5. The van der Waals surface area contributed by atoms with Crippen LogP contribution in [0.5, 0.6) is 0 Å². The van der Waals surface area contributed by atoms with Crippen LogP contribution < -0.4 is 0 Å². The fourth-order valence-corrected chi connectivity index (χ4v) is 3.20. The SMILES string of the molecule is Cc1ccc(SCC(=O)N(C)Cc2cc(Cl)cc(Cl)c2)nc1. The molecule has 0 aliphatic carbocycles. The highest BCUT2D eigenvalue weighted by atomic mass is 35.5. The zero-order valence-corrected chi connectivity index (χ0v) is 14.7. The first kappa shape index (κ1) is 17.1. The number of carbonyl (C=O) groups is 1. The van der Waals surface area contributed by atoms with Crippen LogP contribution in [-0.4, -0.2) is 28.6 Å². The van der Waals surface area contributed by atoms with E-state index in [-0.39, 0.29) is 5.91 Å². The summed E-state index contributed by atoms with van der Waals surface area (Å²) in [6, 6.07) is 9.20. The third-order valence-electron chi connectivity index (χ3n) is 3.00. The monoisotopic (exact) mass is 354 g/mol. The van der Waals surface area contributed by atoms with Crippen LogP contribution in [-0.2, 0) is 11.3 Å².